The van der Waals surface area contributed by atoms with Gasteiger partial charge in [0, 0.05) is 25.2 Å². The molecule has 0 spiro atoms. The highest BCUT2D eigenvalue weighted by molar-refractivity contribution is 5.84. The molecule has 1 aliphatic heterocycles. The molecule has 0 aromatic heterocycles. The van der Waals surface area contributed by atoms with Gasteiger partial charge in [-0.05, 0) is 79.0 Å². The molecule has 0 saturated carbocycles. The van der Waals surface area contributed by atoms with Crippen molar-refractivity contribution in [3.63, 3.8) is 0 Å². The van der Waals surface area contributed by atoms with Gasteiger partial charge in [-0.1, -0.05) is 6.07 Å². The van der Waals surface area contributed by atoms with Crippen LogP contribution in [0, 0.1) is 0 Å². The first-order chi connectivity index (χ1) is 15.5. The van der Waals surface area contributed by atoms with E-state index in [9.17, 15) is 4.79 Å². The molecule has 0 N–H and O–H groups in total. The molecule has 4 rings (SSSR count). The summed E-state index contributed by atoms with van der Waals surface area (Å²) in [5, 5.41) is 0. The summed E-state index contributed by atoms with van der Waals surface area (Å²) in [6.45, 7) is 2.67. The molecule has 2 aromatic rings. The van der Waals surface area contributed by atoms with E-state index in [-0.39, 0.29) is 5.91 Å². The van der Waals surface area contributed by atoms with Crippen molar-refractivity contribution in [1.82, 2.24) is 9.80 Å². The van der Waals surface area contributed by atoms with E-state index in [0.29, 0.717) is 30.4 Å². The second kappa shape index (κ2) is 9.65. The molecule has 6 nitrogen and oxygen atoms in total. The van der Waals surface area contributed by atoms with Gasteiger partial charge < -0.3 is 24.0 Å². The Bertz CT molecular complexity index is 1020. The molecule has 0 fully saturated rings. The van der Waals surface area contributed by atoms with Crippen LogP contribution >= 0.6 is 0 Å². The highest BCUT2D eigenvalue weighted by Crippen LogP contribution is 2.38. The van der Waals surface area contributed by atoms with E-state index >= 15 is 0 Å². The van der Waals surface area contributed by atoms with Gasteiger partial charge in [-0.25, -0.2) is 0 Å². The number of rotatable bonds is 9. The van der Waals surface area contributed by atoms with Crippen LogP contribution < -0.4 is 14.2 Å². The van der Waals surface area contributed by atoms with Gasteiger partial charge in [0.15, 0.2) is 11.5 Å². The van der Waals surface area contributed by atoms with E-state index in [1.54, 1.807) is 21.3 Å². The van der Waals surface area contributed by atoms with E-state index in [0.717, 1.165) is 42.8 Å². The van der Waals surface area contributed by atoms with Crippen molar-refractivity contribution in [2.75, 3.05) is 48.0 Å². The summed E-state index contributed by atoms with van der Waals surface area (Å²) in [5.41, 5.74) is 4.79. The minimum Gasteiger partial charge on any atom is -0.497 e. The Balaban J connectivity index is 1.30. The molecule has 0 unspecified atom stereocenters. The number of hydrogen-bond donors (Lipinski definition) is 0. The zero-order chi connectivity index (χ0) is 22.7. The predicted molar refractivity (Wildman–Crippen MR) is 126 cm³/mol. The maximum Gasteiger partial charge on any atom is 0.230 e. The third-order valence-electron chi connectivity index (χ3n) is 6.47. The highest BCUT2D eigenvalue weighted by Gasteiger charge is 2.27. The van der Waals surface area contributed by atoms with Crippen LogP contribution in [0.15, 0.2) is 36.5 Å². The average Bonchev–Trinajstić information content (AvgIpc) is 2.94. The maximum atomic E-state index is 12.8. The van der Waals surface area contributed by atoms with E-state index in [2.05, 4.69) is 24.1 Å². The molecule has 1 heterocycles. The van der Waals surface area contributed by atoms with Crippen LogP contribution in [0.3, 0.4) is 0 Å². The molecule has 0 radical (unpaired) electrons. The zero-order valence-corrected chi connectivity index (χ0v) is 19.4. The SMILES string of the molecule is COc1ccc2c(c1)[C@H](CN(C)CCCN1C=Cc3cc(OC)c(OC)cc3CC1=O)C2. The summed E-state index contributed by atoms with van der Waals surface area (Å²) >= 11 is 0. The Hall–Kier alpha value is -2.99. The third-order valence-corrected chi connectivity index (χ3v) is 6.47. The lowest BCUT2D eigenvalue weighted by Crippen LogP contribution is -2.34. The molecule has 1 amide bonds. The van der Waals surface area contributed by atoms with Gasteiger partial charge in [0.05, 0.1) is 27.8 Å². The minimum atomic E-state index is 0.106. The second-order valence-corrected chi connectivity index (χ2v) is 8.57. The number of fused-ring (bicyclic) bond motifs is 2. The lowest BCUT2D eigenvalue weighted by molar-refractivity contribution is -0.127. The first-order valence-corrected chi connectivity index (χ1v) is 11.1. The number of benzene rings is 2. The van der Waals surface area contributed by atoms with Crippen LogP contribution in [0.25, 0.3) is 6.08 Å². The van der Waals surface area contributed by atoms with Crippen LogP contribution in [-0.2, 0) is 17.6 Å². The molecule has 1 aliphatic carbocycles. The van der Waals surface area contributed by atoms with Gasteiger partial charge in [-0.2, -0.15) is 0 Å². The fraction of sp³-hybridized carbons (Fsp3) is 0.423. The Labute approximate surface area is 190 Å². The van der Waals surface area contributed by atoms with Crippen molar-refractivity contribution >= 4 is 12.0 Å². The van der Waals surface area contributed by atoms with Gasteiger partial charge in [0.25, 0.3) is 0 Å². The second-order valence-electron chi connectivity index (χ2n) is 8.57. The summed E-state index contributed by atoms with van der Waals surface area (Å²) in [4.78, 5) is 17.0. The number of ether oxygens (including phenoxy) is 3. The molecule has 32 heavy (non-hydrogen) atoms. The van der Waals surface area contributed by atoms with Crippen LogP contribution in [0.5, 0.6) is 17.2 Å². The number of likely N-dealkylation sites (N-methyl/N-ethyl adjacent to an activating group) is 1. The monoisotopic (exact) mass is 436 g/mol. The maximum absolute atomic E-state index is 12.8. The number of amides is 1. The third kappa shape index (κ3) is 4.60. The van der Waals surface area contributed by atoms with Crippen molar-refractivity contribution in [1.29, 1.82) is 0 Å². The lowest BCUT2D eigenvalue weighted by atomic mass is 9.77. The molecule has 0 bridgehead atoms. The molecular weight excluding hydrogens is 404 g/mol. The van der Waals surface area contributed by atoms with E-state index < -0.39 is 0 Å². The quantitative estimate of drug-likeness (QED) is 0.600. The summed E-state index contributed by atoms with van der Waals surface area (Å²) in [5.74, 6) is 2.92. The smallest absolute Gasteiger partial charge is 0.230 e. The molecule has 2 aliphatic rings. The summed E-state index contributed by atoms with van der Waals surface area (Å²) in [6, 6.07) is 10.2. The fourth-order valence-electron chi connectivity index (χ4n) is 4.61. The van der Waals surface area contributed by atoms with Gasteiger partial charge in [0.1, 0.15) is 5.75 Å². The highest BCUT2D eigenvalue weighted by atomic mass is 16.5. The van der Waals surface area contributed by atoms with Crippen molar-refractivity contribution in [3.8, 4) is 17.2 Å². The predicted octanol–water partition coefficient (Wildman–Crippen LogP) is 3.73. The van der Waals surface area contributed by atoms with Gasteiger partial charge in [-0.15, -0.1) is 0 Å². The minimum absolute atomic E-state index is 0.106. The van der Waals surface area contributed by atoms with Crippen molar-refractivity contribution in [2.24, 2.45) is 0 Å². The largest absolute Gasteiger partial charge is 0.497 e. The van der Waals surface area contributed by atoms with Crippen molar-refractivity contribution < 1.29 is 19.0 Å². The lowest BCUT2D eigenvalue weighted by Gasteiger charge is -2.34. The van der Waals surface area contributed by atoms with E-state index in [1.807, 2.05) is 35.4 Å². The number of methoxy groups -OCH3 is 3. The zero-order valence-electron chi connectivity index (χ0n) is 19.4. The Kier molecular flexibility index (Phi) is 6.70. The van der Waals surface area contributed by atoms with Gasteiger partial charge in [-0.3, -0.25) is 4.79 Å². The summed E-state index contributed by atoms with van der Waals surface area (Å²) < 4.78 is 16.2. The van der Waals surface area contributed by atoms with Crippen LogP contribution in [0.2, 0.25) is 0 Å². The van der Waals surface area contributed by atoms with Crippen LogP contribution in [0.1, 0.15) is 34.6 Å². The molecule has 2 aromatic carbocycles. The Morgan fingerprint density at radius 2 is 1.81 bits per heavy atom. The van der Waals surface area contributed by atoms with Crippen LogP contribution in [-0.4, -0.2) is 63.7 Å². The number of carbonyl (C=O) groups is 1. The standard InChI is InChI=1S/C26H32N2O4/c1-27(17-21-12-19-6-7-22(30-2)16-23(19)21)9-5-10-28-11-8-18-13-24(31-3)25(32-4)14-20(18)15-26(28)29/h6-8,11,13-14,16,21H,5,9-10,12,15,17H2,1-4H3/t21-/m0/s1. The van der Waals surface area contributed by atoms with Crippen molar-refractivity contribution in [3.05, 3.63) is 58.8 Å². The van der Waals surface area contributed by atoms with E-state index in [1.165, 1.54) is 11.1 Å². The average molecular weight is 437 g/mol. The van der Waals surface area contributed by atoms with Gasteiger partial charge >= 0.3 is 0 Å². The fourth-order valence-corrected chi connectivity index (χ4v) is 4.61. The summed E-state index contributed by atoms with van der Waals surface area (Å²) in [7, 11) is 7.11. The van der Waals surface area contributed by atoms with Crippen molar-refractivity contribution in [2.45, 2.75) is 25.2 Å². The number of carbonyl (C=O) groups excluding carboxylic acids is 1. The normalized spacial score (nSPS) is 16.8. The molecule has 6 heteroatoms. The molecule has 170 valence electrons. The summed E-state index contributed by atoms with van der Waals surface area (Å²) in [6.07, 6.45) is 6.30. The number of nitrogens with zero attached hydrogens (tertiary/aromatic N) is 2. The topological polar surface area (TPSA) is 51.2 Å². The first-order valence-electron chi connectivity index (χ1n) is 11.1. The van der Waals surface area contributed by atoms with Gasteiger partial charge in [0.2, 0.25) is 5.91 Å². The molecular formula is C26H32N2O4. The number of hydrogen-bond acceptors (Lipinski definition) is 5. The Morgan fingerprint density at radius 3 is 2.56 bits per heavy atom. The van der Waals surface area contributed by atoms with Crippen LogP contribution in [0.4, 0.5) is 0 Å². The van der Waals surface area contributed by atoms with E-state index in [4.69, 9.17) is 14.2 Å². The first kappa shape index (κ1) is 22.2. The Morgan fingerprint density at radius 1 is 1.03 bits per heavy atom. The molecule has 0 saturated heterocycles. The molecule has 1 atom stereocenters.